The molecule has 9 heteroatoms. The average molecular weight is 456 g/mol. The Morgan fingerprint density at radius 1 is 1.12 bits per heavy atom. The summed E-state index contributed by atoms with van der Waals surface area (Å²) in [7, 11) is -3.78. The molecule has 1 aliphatic heterocycles. The van der Waals surface area contributed by atoms with Crippen molar-refractivity contribution in [1.29, 1.82) is 0 Å². The highest BCUT2D eigenvalue weighted by atomic mass is 32.2. The zero-order chi connectivity index (χ0) is 22.7. The first-order chi connectivity index (χ1) is 15.3. The van der Waals surface area contributed by atoms with Crippen molar-refractivity contribution in [3.05, 3.63) is 66.1 Å². The van der Waals surface area contributed by atoms with Crippen LogP contribution in [-0.4, -0.2) is 36.9 Å². The maximum atomic E-state index is 13.1. The average Bonchev–Trinajstić information content (AvgIpc) is 3.13. The molecule has 1 atom stereocenters. The lowest BCUT2D eigenvalue weighted by molar-refractivity contribution is -0.120. The molecule has 1 amide bonds. The molecule has 168 valence electrons. The van der Waals surface area contributed by atoms with E-state index in [9.17, 15) is 13.2 Å². The van der Waals surface area contributed by atoms with E-state index in [1.807, 2.05) is 30.3 Å². The van der Waals surface area contributed by atoms with Gasteiger partial charge < -0.3 is 14.6 Å². The van der Waals surface area contributed by atoms with E-state index in [2.05, 4.69) is 10.5 Å². The number of piperidine rings is 1. The first-order valence-corrected chi connectivity index (χ1v) is 11.9. The van der Waals surface area contributed by atoms with Crippen molar-refractivity contribution in [3.8, 4) is 11.5 Å². The summed E-state index contributed by atoms with van der Waals surface area (Å²) < 4.78 is 38.4. The molecule has 0 saturated carbocycles. The number of aryl methyl sites for hydroxylation is 2. The number of carbonyl (C=O) groups excluding carboxylic acids is 1. The van der Waals surface area contributed by atoms with E-state index in [0.29, 0.717) is 42.3 Å². The molecule has 2 heterocycles. The monoisotopic (exact) mass is 455 g/mol. The smallest absolute Gasteiger partial charge is 0.248 e. The van der Waals surface area contributed by atoms with E-state index >= 15 is 0 Å². The molecule has 1 N–H and O–H groups in total. The van der Waals surface area contributed by atoms with Gasteiger partial charge in [0.15, 0.2) is 5.76 Å². The van der Waals surface area contributed by atoms with Gasteiger partial charge in [-0.05, 0) is 51.0 Å². The Balaban J connectivity index is 1.44. The molecule has 1 unspecified atom stereocenters. The summed E-state index contributed by atoms with van der Waals surface area (Å²) in [4.78, 5) is 13.0. The largest absolute Gasteiger partial charge is 0.457 e. The fourth-order valence-corrected chi connectivity index (χ4v) is 5.67. The minimum atomic E-state index is -3.78. The summed E-state index contributed by atoms with van der Waals surface area (Å²) in [6, 6.07) is 16.5. The van der Waals surface area contributed by atoms with Gasteiger partial charge in [-0.25, -0.2) is 8.42 Å². The molecular formula is C23H25N3O5S. The van der Waals surface area contributed by atoms with E-state index in [1.165, 1.54) is 4.31 Å². The molecule has 1 saturated heterocycles. The van der Waals surface area contributed by atoms with Crippen molar-refractivity contribution in [3.63, 3.8) is 0 Å². The minimum Gasteiger partial charge on any atom is -0.457 e. The first kappa shape index (κ1) is 22.0. The van der Waals surface area contributed by atoms with E-state index < -0.39 is 15.9 Å². The van der Waals surface area contributed by atoms with Gasteiger partial charge in [0.05, 0.1) is 5.92 Å². The molecule has 0 bridgehead atoms. The number of carbonyl (C=O) groups is 1. The third-order valence-corrected chi connectivity index (χ3v) is 7.51. The van der Waals surface area contributed by atoms with Crippen LogP contribution in [0.5, 0.6) is 11.5 Å². The van der Waals surface area contributed by atoms with Gasteiger partial charge in [0, 0.05) is 24.8 Å². The van der Waals surface area contributed by atoms with Crippen LogP contribution in [-0.2, 0) is 14.8 Å². The van der Waals surface area contributed by atoms with Gasteiger partial charge in [-0.15, -0.1) is 0 Å². The van der Waals surface area contributed by atoms with Crippen LogP contribution in [0.4, 0.5) is 5.69 Å². The minimum absolute atomic E-state index is 0.0873. The molecule has 4 rings (SSSR count). The van der Waals surface area contributed by atoms with E-state index in [0.717, 1.165) is 0 Å². The number of hydrogen-bond donors (Lipinski definition) is 1. The van der Waals surface area contributed by atoms with Crippen LogP contribution in [0.3, 0.4) is 0 Å². The number of aromatic nitrogens is 1. The van der Waals surface area contributed by atoms with E-state index in [-0.39, 0.29) is 23.1 Å². The Morgan fingerprint density at radius 3 is 2.59 bits per heavy atom. The van der Waals surface area contributed by atoms with Gasteiger partial charge in [-0.1, -0.05) is 29.4 Å². The van der Waals surface area contributed by atoms with Gasteiger partial charge in [0.1, 0.15) is 22.1 Å². The van der Waals surface area contributed by atoms with Crippen LogP contribution in [0, 0.1) is 19.8 Å². The molecule has 32 heavy (non-hydrogen) atoms. The van der Waals surface area contributed by atoms with Crippen LogP contribution in [0.25, 0.3) is 0 Å². The molecule has 0 aliphatic carbocycles. The number of para-hydroxylation sites is 1. The van der Waals surface area contributed by atoms with Crippen molar-refractivity contribution >= 4 is 21.6 Å². The molecule has 1 aliphatic rings. The summed E-state index contributed by atoms with van der Waals surface area (Å²) in [5.74, 6) is 0.867. The molecule has 0 radical (unpaired) electrons. The maximum Gasteiger partial charge on any atom is 0.248 e. The highest BCUT2D eigenvalue weighted by Gasteiger charge is 2.36. The fourth-order valence-electron chi connectivity index (χ4n) is 3.85. The summed E-state index contributed by atoms with van der Waals surface area (Å²) in [5.41, 5.74) is 0.915. The standard InChI is InChI=1S/C23H25N3O5S/c1-16-22(17(2)31-25-16)32(28,29)26-13-7-8-18(15-26)23(27)24-19-9-6-12-21(14-19)30-20-10-4-3-5-11-20/h3-6,9-12,14,18H,7-8,13,15H2,1-2H3,(H,24,27). The molecule has 8 nitrogen and oxygen atoms in total. The number of sulfonamides is 1. The molecule has 3 aromatic rings. The number of nitrogens with one attached hydrogen (secondary N) is 1. The van der Waals surface area contributed by atoms with Crippen LogP contribution >= 0.6 is 0 Å². The first-order valence-electron chi connectivity index (χ1n) is 10.4. The second-order valence-electron chi connectivity index (χ2n) is 7.79. The van der Waals surface area contributed by atoms with Gasteiger partial charge in [-0.2, -0.15) is 4.31 Å². The number of benzene rings is 2. The van der Waals surface area contributed by atoms with Crippen LogP contribution in [0.15, 0.2) is 64.0 Å². The number of rotatable bonds is 6. The third-order valence-electron chi connectivity index (χ3n) is 5.40. The fraction of sp³-hybridized carbons (Fsp3) is 0.304. The Morgan fingerprint density at radius 2 is 1.88 bits per heavy atom. The lowest BCUT2D eigenvalue weighted by atomic mass is 9.98. The summed E-state index contributed by atoms with van der Waals surface area (Å²) in [6.45, 7) is 3.64. The Kier molecular flexibility index (Phi) is 6.29. The highest BCUT2D eigenvalue weighted by molar-refractivity contribution is 7.89. The molecule has 2 aromatic carbocycles. The van der Waals surface area contributed by atoms with Crippen molar-refractivity contribution in [2.75, 3.05) is 18.4 Å². The number of hydrogen-bond acceptors (Lipinski definition) is 6. The highest BCUT2D eigenvalue weighted by Crippen LogP contribution is 2.29. The predicted octanol–water partition coefficient (Wildman–Crippen LogP) is 4.12. The quantitative estimate of drug-likeness (QED) is 0.600. The second-order valence-corrected chi connectivity index (χ2v) is 9.66. The SMILES string of the molecule is Cc1noc(C)c1S(=O)(=O)N1CCCC(C(=O)Nc2cccc(Oc3ccccc3)c2)C1. The molecule has 1 fully saturated rings. The van der Waals surface area contributed by atoms with Crippen LogP contribution in [0.1, 0.15) is 24.3 Å². The molecule has 1 aromatic heterocycles. The van der Waals surface area contributed by atoms with Crippen molar-refractivity contribution in [1.82, 2.24) is 9.46 Å². The third kappa shape index (κ3) is 4.68. The Labute approximate surface area is 187 Å². The maximum absolute atomic E-state index is 13.1. The summed E-state index contributed by atoms with van der Waals surface area (Å²) in [6.07, 6.45) is 1.21. The lowest BCUT2D eigenvalue weighted by Gasteiger charge is -2.31. The number of anilines is 1. The van der Waals surface area contributed by atoms with Crippen molar-refractivity contribution in [2.24, 2.45) is 5.92 Å². The number of ether oxygens (including phenoxy) is 1. The van der Waals surface area contributed by atoms with Crippen molar-refractivity contribution < 1.29 is 22.5 Å². The predicted molar refractivity (Wildman–Crippen MR) is 119 cm³/mol. The van der Waals surface area contributed by atoms with E-state index in [1.54, 1.807) is 38.1 Å². The van der Waals surface area contributed by atoms with Gasteiger partial charge in [0.25, 0.3) is 0 Å². The second kappa shape index (κ2) is 9.13. The van der Waals surface area contributed by atoms with Gasteiger partial charge in [-0.3, -0.25) is 4.79 Å². The molecular weight excluding hydrogens is 430 g/mol. The zero-order valence-corrected chi connectivity index (χ0v) is 18.8. The van der Waals surface area contributed by atoms with E-state index in [4.69, 9.17) is 9.26 Å². The number of nitrogens with zero attached hydrogens (tertiary/aromatic N) is 2. The summed E-state index contributed by atoms with van der Waals surface area (Å²) in [5, 5.41) is 6.65. The normalized spacial score (nSPS) is 17.1. The van der Waals surface area contributed by atoms with Gasteiger partial charge in [0.2, 0.25) is 15.9 Å². The number of amides is 1. The zero-order valence-electron chi connectivity index (χ0n) is 17.9. The van der Waals surface area contributed by atoms with Gasteiger partial charge >= 0.3 is 0 Å². The van der Waals surface area contributed by atoms with Crippen LogP contribution in [0.2, 0.25) is 0 Å². The van der Waals surface area contributed by atoms with Crippen molar-refractivity contribution in [2.45, 2.75) is 31.6 Å². The molecule has 0 spiro atoms. The Hall–Kier alpha value is -3.17. The Bertz CT molecular complexity index is 1190. The summed E-state index contributed by atoms with van der Waals surface area (Å²) >= 11 is 0. The lowest BCUT2D eigenvalue weighted by Crippen LogP contribution is -2.43. The van der Waals surface area contributed by atoms with Crippen LogP contribution < -0.4 is 10.1 Å². The topological polar surface area (TPSA) is 102 Å².